The smallest absolute Gasteiger partial charge is 0.457 e. The first-order chi connectivity index (χ1) is 9.83. The van der Waals surface area contributed by atoms with E-state index in [0.717, 1.165) is 5.46 Å². The average Bonchev–Trinajstić information content (AvgIpc) is 2.37. The molecule has 2 aromatic rings. The van der Waals surface area contributed by atoms with E-state index in [1.54, 1.807) is 18.2 Å². The molecule has 0 atom stereocenters. The summed E-state index contributed by atoms with van der Waals surface area (Å²) in [6, 6.07) is 12.9. The van der Waals surface area contributed by atoms with Gasteiger partial charge in [-0.3, -0.25) is 0 Å². The molecule has 0 heterocycles. The first-order valence-electron chi connectivity index (χ1n) is 6.47. The lowest BCUT2D eigenvalue weighted by Crippen LogP contribution is -2.21. The number of ether oxygens (including phenoxy) is 2. The van der Waals surface area contributed by atoms with E-state index < -0.39 is 6.36 Å². The van der Waals surface area contributed by atoms with E-state index in [1.807, 2.05) is 12.1 Å². The van der Waals surface area contributed by atoms with Gasteiger partial charge in [-0.1, -0.05) is 37.3 Å². The first-order valence-corrected chi connectivity index (χ1v) is 6.47. The van der Waals surface area contributed by atoms with Gasteiger partial charge in [0.15, 0.2) is 6.71 Å². The van der Waals surface area contributed by atoms with Crippen LogP contribution >= 0.6 is 0 Å². The summed E-state index contributed by atoms with van der Waals surface area (Å²) >= 11 is 0. The summed E-state index contributed by atoms with van der Waals surface area (Å²) in [5, 5.41) is 0. The number of halogens is 3. The third-order valence-electron chi connectivity index (χ3n) is 2.82. The third-order valence-corrected chi connectivity index (χ3v) is 2.82. The molecule has 0 aromatic heterocycles. The third kappa shape index (κ3) is 4.74. The van der Waals surface area contributed by atoms with Gasteiger partial charge in [-0.15, -0.1) is 13.2 Å². The lowest BCUT2D eigenvalue weighted by molar-refractivity contribution is -0.274. The van der Waals surface area contributed by atoms with E-state index in [1.165, 1.54) is 18.2 Å². The molecule has 2 rings (SSSR count). The SMILES string of the molecule is CB(C)c1ccc(Oc2cccc(OC(F)(F)F)c2)cc1. The van der Waals surface area contributed by atoms with E-state index in [0.29, 0.717) is 12.5 Å². The molecule has 2 aromatic carbocycles. The van der Waals surface area contributed by atoms with Crippen molar-refractivity contribution in [2.24, 2.45) is 0 Å². The molecule has 0 amide bonds. The lowest BCUT2D eigenvalue weighted by atomic mass is 9.49. The molecule has 0 spiro atoms. The van der Waals surface area contributed by atoms with Gasteiger partial charge < -0.3 is 9.47 Å². The number of rotatable bonds is 4. The molecular weight excluding hydrogens is 280 g/mol. The molecule has 0 radical (unpaired) electrons. The highest BCUT2D eigenvalue weighted by atomic mass is 19.4. The lowest BCUT2D eigenvalue weighted by Gasteiger charge is -2.11. The van der Waals surface area contributed by atoms with Crippen LogP contribution in [0.5, 0.6) is 17.2 Å². The van der Waals surface area contributed by atoms with Gasteiger partial charge in [-0.2, -0.15) is 0 Å². The quantitative estimate of drug-likeness (QED) is 0.781. The Morgan fingerprint density at radius 2 is 1.48 bits per heavy atom. The monoisotopic (exact) mass is 294 g/mol. The Bertz CT molecular complexity index is 595. The van der Waals surface area contributed by atoms with Crippen molar-refractivity contribution in [1.82, 2.24) is 0 Å². The molecule has 0 fully saturated rings. The van der Waals surface area contributed by atoms with E-state index in [4.69, 9.17) is 4.74 Å². The molecule has 0 unspecified atom stereocenters. The molecular formula is C15H14BF3O2. The summed E-state index contributed by atoms with van der Waals surface area (Å²) in [5.41, 5.74) is 1.16. The second-order valence-electron chi connectivity index (χ2n) is 4.85. The van der Waals surface area contributed by atoms with Crippen molar-refractivity contribution < 1.29 is 22.6 Å². The summed E-state index contributed by atoms with van der Waals surface area (Å²) < 4.78 is 45.8. The average molecular weight is 294 g/mol. The van der Waals surface area contributed by atoms with Crippen LogP contribution in [-0.2, 0) is 0 Å². The van der Waals surface area contributed by atoms with Crippen molar-refractivity contribution in [2.45, 2.75) is 20.0 Å². The maximum atomic E-state index is 12.2. The van der Waals surface area contributed by atoms with Crippen molar-refractivity contribution in [1.29, 1.82) is 0 Å². The Morgan fingerprint density at radius 1 is 0.857 bits per heavy atom. The van der Waals surface area contributed by atoms with Crippen LogP contribution in [0.3, 0.4) is 0 Å². The van der Waals surface area contributed by atoms with E-state index in [-0.39, 0.29) is 11.5 Å². The van der Waals surface area contributed by atoms with Crippen LogP contribution in [0.15, 0.2) is 48.5 Å². The highest BCUT2D eigenvalue weighted by Gasteiger charge is 2.31. The van der Waals surface area contributed by atoms with Gasteiger partial charge in [0, 0.05) is 6.07 Å². The molecule has 0 aliphatic carbocycles. The van der Waals surface area contributed by atoms with Crippen LogP contribution < -0.4 is 14.9 Å². The topological polar surface area (TPSA) is 18.5 Å². The van der Waals surface area contributed by atoms with Gasteiger partial charge in [-0.05, 0) is 24.3 Å². The van der Waals surface area contributed by atoms with Crippen molar-refractivity contribution in [3.63, 3.8) is 0 Å². The number of benzene rings is 2. The fourth-order valence-corrected chi connectivity index (χ4v) is 1.79. The zero-order valence-corrected chi connectivity index (χ0v) is 11.6. The molecule has 110 valence electrons. The number of hydrogen-bond donors (Lipinski definition) is 0. The summed E-state index contributed by atoms with van der Waals surface area (Å²) in [6.07, 6.45) is -4.71. The molecule has 0 saturated heterocycles. The Balaban J connectivity index is 2.10. The number of alkyl halides is 3. The summed E-state index contributed by atoms with van der Waals surface area (Å²) in [4.78, 5) is 0. The van der Waals surface area contributed by atoms with Gasteiger partial charge in [-0.25, -0.2) is 0 Å². The fourth-order valence-electron chi connectivity index (χ4n) is 1.79. The van der Waals surface area contributed by atoms with Crippen LogP contribution in [0.4, 0.5) is 13.2 Å². The molecule has 6 heteroatoms. The molecule has 0 N–H and O–H groups in total. The van der Waals surface area contributed by atoms with Crippen LogP contribution in [0, 0.1) is 0 Å². The highest BCUT2D eigenvalue weighted by molar-refractivity contribution is 6.70. The van der Waals surface area contributed by atoms with Crippen LogP contribution in [0.1, 0.15) is 0 Å². The largest absolute Gasteiger partial charge is 0.573 e. The van der Waals surface area contributed by atoms with Crippen LogP contribution in [0.25, 0.3) is 0 Å². The minimum absolute atomic E-state index is 0.286. The van der Waals surface area contributed by atoms with Crippen LogP contribution in [0.2, 0.25) is 13.6 Å². The van der Waals surface area contributed by atoms with E-state index in [2.05, 4.69) is 18.4 Å². The van der Waals surface area contributed by atoms with Gasteiger partial charge in [0.2, 0.25) is 0 Å². The molecule has 0 saturated carbocycles. The number of hydrogen-bond acceptors (Lipinski definition) is 2. The van der Waals surface area contributed by atoms with Crippen molar-refractivity contribution in [3.05, 3.63) is 48.5 Å². The predicted octanol–water partition coefficient (Wildman–Crippen LogP) is 4.34. The second kappa shape index (κ2) is 6.12. The van der Waals surface area contributed by atoms with Crippen molar-refractivity contribution in [3.8, 4) is 17.2 Å². The fraction of sp³-hybridized carbons (Fsp3) is 0.200. The molecule has 2 nitrogen and oxygen atoms in total. The summed E-state index contributed by atoms with van der Waals surface area (Å²) in [7, 11) is 0. The van der Waals surface area contributed by atoms with E-state index in [9.17, 15) is 13.2 Å². The molecule has 0 aliphatic heterocycles. The molecule has 0 aliphatic rings. The first kappa shape index (κ1) is 15.3. The van der Waals surface area contributed by atoms with Crippen LogP contribution in [-0.4, -0.2) is 13.1 Å². The maximum Gasteiger partial charge on any atom is 0.573 e. The zero-order valence-electron chi connectivity index (χ0n) is 11.6. The Labute approximate surface area is 121 Å². The van der Waals surface area contributed by atoms with Crippen molar-refractivity contribution >= 4 is 12.2 Å². The van der Waals surface area contributed by atoms with Gasteiger partial charge in [0.25, 0.3) is 0 Å². The molecule has 21 heavy (non-hydrogen) atoms. The Hall–Kier alpha value is -2.11. The van der Waals surface area contributed by atoms with Gasteiger partial charge in [0.05, 0.1) is 0 Å². The zero-order chi connectivity index (χ0) is 15.5. The normalized spacial score (nSPS) is 11.1. The van der Waals surface area contributed by atoms with Gasteiger partial charge in [0.1, 0.15) is 17.2 Å². The minimum Gasteiger partial charge on any atom is -0.457 e. The van der Waals surface area contributed by atoms with Crippen molar-refractivity contribution in [2.75, 3.05) is 0 Å². The molecule has 0 bridgehead atoms. The van der Waals surface area contributed by atoms with Gasteiger partial charge >= 0.3 is 6.36 Å². The standard InChI is InChI=1S/C15H14BF3O2/c1-16(2)11-6-8-12(9-7-11)20-13-4-3-5-14(10-13)21-15(17,18)19/h3-10H,1-2H3. The summed E-state index contributed by atoms with van der Waals surface area (Å²) in [5.74, 6) is 0.538. The summed E-state index contributed by atoms with van der Waals surface area (Å²) in [6.45, 7) is 4.56. The van der Waals surface area contributed by atoms with E-state index >= 15 is 0 Å². The highest BCUT2D eigenvalue weighted by Crippen LogP contribution is 2.28. The predicted molar refractivity (Wildman–Crippen MR) is 76.8 cm³/mol. The maximum absolute atomic E-state index is 12.2. The Kier molecular flexibility index (Phi) is 4.45. The Morgan fingerprint density at radius 3 is 2.05 bits per heavy atom. The second-order valence-corrected chi connectivity index (χ2v) is 4.85. The minimum atomic E-state index is -4.71.